The van der Waals surface area contributed by atoms with Crippen molar-refractivity contribution in [2.45, 2.75) is 227 Å². The first-order chi connectivity index (χ1) is 55.3. The lowest BCUT2D eigenvalue weighted by Crippen LogP contribution is -2.58. The molecule has 0 unspecified atom stereocenters. The maximum Gasteiger partial charge on any atom is 0.265 e. The second-order valence-corrected chi connectivity index (χ2v) is 43.7. The largest absolute Gasteiger partial charge is 0.494 e. The molecular weight excluding hydrogens is 1530 g/mol. The van der Waals surface area contributed by atoms with E-state index < -0.39 is 61.5 Å². The molecule has 3 aromatic rings. The first-order valence-electron chi connectivity index (χ1n) is 42.9. The molecule has 6 amide bonds. The molecule has 3 aromatic carbocycles. The molecule has 27 nitrogen and oxygen atoms in total. The molecule has 3 heterocycles. The Morgan fingerprint density at radius 3 is 1.10 bits per heavy atom. The van der Waals surface area contributed by atoms with Crippen LogP contribution in [0.5, 0.6) is 17.2 Å². The van der Waals surface area contributed by atoms with Gasteiger partial charge >= 0.3 is 0 Å². The predicted octanol–water partition coefficient (Wildman–Crippen LogP) is 8.80. The molecular formula is C85H120N8O19S3. The van der Waals surface area contributed by atoms with E-state index in [4.69, 9.17) is 24.2 Å². The molecule has 12 bridgehead atoms. The molecule has 17 fully saturated rings. The summed E-state index contributed by atoms with van der Waals surface area (Å²) in [4.78, 5) is 83.4. The third-order valence-corrected chi connectivity index (χ3v) is 37.3. The number of ether oxygens (including phenoxy) is 4. The third-order valence-electron chi connectivity index (χ3n) is 29.7. The fourth-order valence-electron chi connectivity index (χ4n) is 24.2. The summed E-state index contributed by atoms with van der Waals surface area (Å²) in [6.07, 6.45) is 26.6. The van der Waals surface area contributed by atoms with Gasteiger partial charge in [-0.2, -0.15) is 0 Å². The summed E-state index contributed by atoms with van der Waals surface area (Å²) in [7, 11) is -10.2. The van der Waals surface area contributed by atoms with Gasteiger partial charge in [-0.05, 0) is 324 Å². The fraction of sp³-hybridized carbons (Fsp3) is 0.718. The van der Waals surface area contributed by atoms with Crippen LogP contribution in [-0.4, -0.2) is 203 Å². The molecule has 8 N–H and O–H groups in total. The summed E-state index contributed by atoms with van der Waals surface area (Å²) >= 11 is 0. The Balaban J connectivity index is 0.000000136. The highest BCUT2D eigenvalue weighted by Gasteiger charge is 2.59. The molecule has 17 aliphatic rings. The summed E-state index contributed by atoms with van der Waals surface area (Å²) in [5.74, 6) is 7.91. The second-order valence-electron chi connectivity index (χ2n) is 36.9. The van der Waals surface area contributed by atoms with Gasteiger partial charge in [0.1, 0.15) is 17.2 Å². The SMILES string of the molecule is CN(CCCOc1ccc(S(=O)(=O)C2(C(=O)NO)CCN(C3CC3)CC2)cc1)C(=O)C1C2CC3CC(C2)CC1C3.O=C(NCCCOc1ccc(S(=O)(=O)C2(C(=O)NO)CCN(C3CC3)CC2)cc1)C1C2CC3CC(C2)CC1C3.O=C(NCCCOc1ccc(S(=O)(=O)C2(C(=O)NO)CCOCC2)cc1)C12CC3CC(CC(C3)C1)C2. The van der Waals surface area contributed by atoms with Gasteiger partial charge < -0.3 is 44.3 Å². The van der Waals surface area contributed by atoms with Crippen molar-refractivity contribution in [3.63, 3.8) is 0 Å². The zero-order valence-electron chi connectivity index (χ0n) is 66.5. The van der Waals surface area contributed by atoms with Crippen molar-refractivity contribution < 1.29 is 88.6 Å². The Hall–Kier alpha value is -6.51. The number of likely N-dealkylation sites (tertiary alicyclic amines) is 2. The summed E-state index contributed by atoms with van der Waals surface area (Å²) in [5.41, 5.74) is 4.61. The molecule has 0 radical (unpaired) electrons. The summed E-state index contributed by atoms with van der Waals surface area (Å²) < 4.78 is 98.7. The molecule has 115 heavy (non-hydrogen) atoms. The predicted molar refractivity (Wildman–Crippen MR) is 422 cm³/mol. The first-order valence-corrected chi connectivity index (χ1v) is 47.4. The number of nitrogens with zero attached hydrogens (tertiary/aromatic N) is 3. The van der Waals surface area contributed by atoms with Crippen molar-refractivity contribution in [2.24, 2.45) is 82.3 Å². The van der Waals surface area contributed by atoms with Gasteiger partial charge in [-0.15, -0.1) is 0 Å². The normalized spacial score (nSPS) is 31.1. The average molecular weight is 1650 g/mol. The van der Waals surface area contributed by atoms with Crippen LogP contribution in [-0.2, 0) is 63.0 Å². The highest BCUT2D eigenvalue weighted by Crippen LogP contribution is 2.61. The minimum Gasteiger partial charge on any atom is -0.494 e. The fourth-order valence-corrected chi connectivity index (χ4v) is 30.1. The van der Waals surface area contributed by atoms with E-state index in [0.717, 1.165) is 86.4 Å². The van der Waals surface area contributed by atoms with Gasteiger partial charge in [0.25, 0.3) is 17.7 Å². The number of benzene rings is 3. The molecule has 3 aliphatic heterocycles. The molecule has 3 saturated heterocycles. The zero-order chi connectivity index (χ0) is 80.7. The van der Waals surface area contributed by atoms with Gasteiger partial charge in [-0.25, -0.2) is 41.7 Å². The molecule has 0 atom stereocenters. The monoisotopic (exact) mass is 1650 g/mol. The van der Waals surface area contributed by atoms with Crippen LogP contribution in [0.4, 0.5) is 0 Å². The average Bonchev–Trinajstić information content (AvgIpc) is 1.77. The lowest BCUT2D eigenvalue weighted by Gasteiger charge is -2.55. The smallest absolute Gasteiger partial charge is 0.265 e. The van der Waals surface area contributed by atoms with E-state index in [-0.39, 0.29) is 95.5 Å². The van der Waals surface area contributed by atoms with Crippen LogP contribution < -0.4 is 41.3 Å². The molecule has 20 rings (SSSR count). The van der Waals surface area contributed by atoms with Crippen LogP contribution in [0.25, 0.3) is 0 Å². The number of hydrogen-bond acceptors (Lipinski definition) is 21. The Kier molecular flexibility index (Phi) is 25.2. The second kappa shape index (κ2) is 34.7. The number of amides is 6. The molecule has 14 aliphatic carbocycles. The van der Waals surface area contributed by atoms with Crippen LogP contribution in [0.15, 0.2) is 87.5 Å². The number of hydroxylamine groups is 3. The highest BCUT2D eigenvalue weighted by atomic mass is 32.2. The molecule has 14 saturated carbocycles. The Labute approximate surface area is 676 Å². The number of sulfone groups is 3. The Bertz CT molecular complexity index is 4240. The zero-order valence-corrected chi connectivity index (χ0v) is 69.0. The maximum absolute atomic E-state index is 13.7. The quantitative estimate of drug-likeness (QED) is 0.0183. The Morgan fingerprint density at radius 1 is 0.426 bits per heavy atom. The van der Waals surface area contributed by atoms with Crippen molar-refractivity contribution in [3.05, 3.63) is 72.8 Å². The maximum atomic E-state index is 13.7. The number of carbonyl (C=O) groups is 6. The summed E-state index contributed by atoms with van der Waals surface area (Å²) in [5, 5.41) is 34.2. The third kappa shape index (κ3) is 17.1. The van der Waals surface area contributed by atoms with E-state index in [0.29, 0.717) is 144 Å². The first kappa shape index (κ1) is 83.5. The van der Waals surface area contributed by atoms with Gasteiger partial charge in [0, 0.05) is 95.4 Å². The van der Waals surface area contributed by atoms with Crippen molar-refractivity contribution >= 4 is 65.0 Å². The van der Waals surface area contributed by atoms with Crippen LogP contribution >= 0.6 is 0 Å². The standard InChI is InChI=1S/C30H43N3O6S.C29H41N3O6S.C26H36N2O7S/c1-32(28(34)27-22-16-20-15-21(18-22)19-23(27)17-20)11-2-14-39-25-5-7-26(8-6-25)40(37,38)30(29(35)31-36)9-12-33(13-10-30)24-3-4-24;33-27(26-21-15-19-14-20(17-21)18-22(26)16-19)30-10-1-13-38-24-4-6-25(7-5-24)39(36,37)29(28(34)31-35)8-11-32(12-9-29)23-2-3-23;29-23(25-15-18-12-19(16-25)14-20(13-18)17-25)27-8-1-9-35-21-2-4-22(5-3-21)36(32,33)26(24(30)28-31)6-10-34-11-7-26/h5-8,20-24,27,36H,2-4,9-19H2,1H3,(H,31,35);4-7,19-23,26,35H,1-3,8-18H2,(H,30,33)(H,31,34);2-5,18-20,31H,1,6-17H2,(H,27,29)(H,28,30). The van der Waals surface area contributed by atoms with Gasteiger partial charge in [0.15, 0.2) is 43.8 Å². The van der Waals surface area contributed by atoms with Crippen molar-refractivity contribution in [1.29, 1.82) is 0 Å². The molecule has 0 spiro atoms. The number of carbonyl (C=O) groups excluding carboxylic acids is 6. The van der Waals surface area contributed by atoms with E-state index in [2.05, 4.69) is 20.4 Å². The summed E-state index contributed by atoms with van der Waals surface area (Å²) in [6, 6.07) is 19.3. The van der Waals surface area contributed by atoms with E-state index in [9.17, 15) is 64.4 Å². The molecule has 0 aromatic heterocycles. The number of nitrogens with one attached hydrogen (secondary N) is 5. The topological polar surface area (TPSA) is 372 Å². The van der Waals surface area contributed by atoms with Crippen molar-refractivity contribution in [3.8, 4) is 17.2 Å². The Morgan fingerprint density at radius 2 is 0.748 bits per heavy atom. The van der Waals surface area contributed by atoms with Gasteiger partial charge in [-0.1, -0.05) is 0 Å². The molecule has 632 valence electrons. The summed E-state index contributed by atoms with van der Waals surface area (Å²) in [6.45, 7) is 5.24. The number of piperidine rings is 2. The molecule has 30 heteroatoms. The van der Waals surface area contributed by atoms with E-state index in [1.165, 1.54) is 125 Å². The minimum atomic E-state index is -4.06. The van der Waals surface area contributed by atoms with Gasteiger partial charge in [-0.3, -0.25) is 44.4 Å². The van der Waals surface area contributed by atoms with E-state index in [1.807, 2.05) is 11.9 Å². The lowest BCUT2D eigenvalue weighted by atomic mass is 9.49. The van der Waals surface area contributed by atoms with E-state index >= 15 is 0 Å². The highest BCUT2D eigenvalue weighted by molar-refractivity contribution is 7.94. The van der Waals surface area contributed by atoms with Gasteiger partial charge in [0.05, 0.1) is 34.5 Å². The van der Waals surface area contributed by atoms with E-state index in [1.54, 1.807) is 47.4 Å². The van der Waals surface area contributed by atoms with Crippen molar-refractivity contribution in [2.75, 3.05) is 85.9 Å². The van der Waals surface area contributed by atoms with Crippen molar-refractivity contribution in [1.82, 2.24) is 41.8 Å². The minimum absolute atomic E-state index is 0.0109. The van der Waals surface area contributed by atoms with Crippen LogP contribution in [0.3, 0.4) is 0 Å². The van der Waals surface area contributed by atoms with Gasteiger partial charge in [0.2, 0.25) is 17.7 Å². The van der Waals surface area contributed by atoms with Crippen LogP contribution in [0.2, 0.25) is 0 Å². The number of rotatable bonds is 29. The van der Waals surface area contributed by atoms with Crippen LogP contribution in [0, 0.1) is 82.3 Å². The lowest BCUT2D eigenvalue weighted by molar-refractivity contribution is -0.148. The van der Waals surface area contributed by atoms with Crippen LogP contribution in [0.1, 0.15) is 186 Å². The number of hydrogen-bond donors (Lipinski definition) is 8.